The van der Waals surface area contributed by atoms with Crippen molar-refractivity contribution in [2.45, 2.75) is 95.5 Å². The summed E-state index contributed by atoms with van der Waals surface area (Å²) < 4.78 is 86.4. The number of rotatable bonds is 17. The zero-order valence-electron chi connectivity index (χ0n) is 38.1. The number of carbonyl (C=O) groups is 3. The fraction of sp³-hybridized carbons (Fsp3) is 0.438. The van der Waals surface area contributed by atoms with Gasteiger partial charge in [-0.1, -0.05) is 38.1 Å². The Balaban J connectivity index is 1.21. The van der Waals surface area contributed by atoms with Gasteiger partial charge in [-0.2, -0.15) is 4.31 Å². The molecule has 18 heteroatoms. The van der Waals surface area contributed by atoms with Gasteiger partial charge in [0.2, 0.25) is 10.0 Å². The molecular weight excluding hydrogens is 879 g/mol. The fourth-order valence-electron chi connectivity index (χ4n) is 7.91. The Morgan fingerprint density at radius 2 is 1.64 bits per heavy atom. The number of sulfonamides is 1. The minimum absolute atomic E-state index is 0.00947. The van der Waals surface area contributed by atoms with E-state index in [1.54, 1.807) is 64.1 Å². The summed E-state index contributed by atoms with van der Waals surface area (Å²) in [6.07, 6.45) is -2.16. The van der Waals surface area contributed by atoms with Crippen LogP contribution in [0.25, 0.3) is 11.1 Å². The van der Waals surface area contributed by atoms with E-state index in [0.717, 1.165) is 12.1 Å². The average Bonchev–Trinajstić information content (AvgIpc) is 3.78. The number of nitrogens with zero attached hydrogens (tertiary/aromatic N) is 1. The summed E-state index contributed by atoms with van der Waals surface area (Å²) in [4.78, 5) is 39.7. The topological polar surface area (TPSA) is 191 Å². The molecule has 2 aliphatic rings. The third kappa shape index (κ3) is 12.6. The number of aliphatic hydroxyl groups is 1. The molecule has 0 bridgehead atoms. The lowest BCUT2D eigenvalue weighted by Crippen LogP contribution is -2.51. The first-order valence-corrected chi connectivity index (χ1v) is 23.1. The van der Waals surface area contributed by atoms with Crippen LogP contribution in [0, 0.1) is 23.5 Å². The standard InChI is InChI=1S/C48H58F2N4O11S/c1-29(2)25-54(66(59,60)36-17-15-34(61-7)16-18-36)26-42(55)41(51-46(58)65-43-28-64-48(6)39(43)20-21-63-48)22-30-8-13-35(14-9-30)62-27-32-11-10-31(37-19-12-33(49)24-40(37)50)23-38(32)44(56)52-45(57)53-47(3,4)5/h8-19,23-24,29,39,41-43,55H,20-22,25-28H2,1-7H3,(H,51,58)(H2,52,53,56,57)/t39-,41-,42+,43-,48+/m0/s1. The number of ether oxygens (including phenoxy) is 5. The SMILES string of the molecule is COc1ccc(S(=O)(=O)N(CC(C)C)C[C@@H](O)[C@H](Cc2ccc(OCc3ccc(-c4ccc(F)cc4F)cc3C(=O)NC(=O)NC(C)(C)C)cc2)NC(=O)O[C@H]2CO[C@@]3(C)OCC[C@@H]23)cc1. The lowest BCUT2D eigenvalue weighted by atomic mass is 9.96. The number of benzene rings is 4. The largest absolute Gasteiger partial charge is 0.497 e. The number of aliphatic hydroxyl groups excluding tert-OH is 1. The molecule has 356 valence electrons. The number of amides is 4. The van der Waals surface area contributed by atoms with Crippen molar-refractivity contribution in [3.8, 4) is 22.6 Å². The molecule has 0 saturated carbocycles. The maximum absolute atomic E-state index is 14.8. The second kappa shape index (κ2) is 20.9. The molecule has 0 aromatic heterocycles. The highest BCUT2D eigenvalue weighted by molar-refractivity contribution is 7.89. The summed E-state index contributed by atoms with van der Waals surface area (Å²) in [5, 5.41) is 19.6. The quantitative estimate of drug-likeness (QED) is 0.0857. The van der Waals surface area contributed by atoms with E-state index in [9.17, 15) is 36.7 Å². The molecule has 2 aliphatic heterocycles. The van der Waals surface area contributed by atoms with Crippen LogP contribution < -0.4 is 25.4 Å². The molecule has 4 aromatic carbocycles. The molecule has 0 spiro atoms. The van der Waals surface area contributed by atoms with Gasteiger partial charge in [-0.25, -0.2) is 26.8 Å². The van der Waals surface area contributed by atoms with Crippen molar-refractivity contribution in [2.24, 2.45) is 11.8 Å². The predicted octanol–water partition coefficient (Wildman–Crippen LogP) is 6.95. The minimum atomic E-state index is -4.11. The van der Waals surface area contributed by atoms with Gasteiger partial charge in [0.05, 0.1) is 43.3 Å². The highest BCUT2D eigenvalue weighted by atomic mass is 32.2. The molecule has 6 rings (SSSR count). The van der Waals surface area contributed by atoms with Crippen LogP contribution in [0.3, 0.4) is 0 Å². The van der Waals surface area contributed by atoms with E-state index in [1.807, 2.05) is 13.8 Å². The van der Waals surface area contributed by atoms with Gasteiger partial charge in [0, 0.05) is 41.4 Å². The number of fused-ring (bicyclic) bond motifs is 1. The van der Waals surface area contributed by atoms with Crippen LogP contribution in [-0.4, -0.2) is 98.8 Å². The number of carbonyl (C=O) groups excluding carboxylic acids is 3. The second-order valence-corrected chi connectivity index (χ2v) is 20.0. The van der Waals surface area contributed by atoms with Gasteiger partial charge in [0.1, 0.15) is 35.8 Å². The minimum Gasteiger partial charge on any atom is -0.497 e. The first-order chi connectivity index (χ1) is 31.1. The van der Waals surface area contributed by atoms with Crippen LogP contribution >= 0.6 is 0 Å². The molecule has 4 aromatic rings. The second-order valence-electron chi connectivity index (χ2n) is 18.0. The smallest absolute Gasteiger partial charge is 0.407 e. The number of imide groups is 1. The van der Waals surface area contributed by atoms with Crippen molar-refractivity contribution >= 4 is 28.1 Å². The predicted molar refractivity (Wildman–Crippen MR) is 240 cm³/mol. The molecule has 0 radical (unpaired) electrons. The molecule has 5 atom stereocenters. The summed E-state index contributed by atoms with van der Waals surface area (Å²) >= 11 is 0. The van der Waals surface area contributed by atoms with Gasteiger partial charge in [0.15, 0.2) is 5.79 Å². The van der Waals surface area contributed by atoms with Gasteiger partial charge in [-0.05, 0) is 112 Å². The number of urea groups is 1. The summed E-state index contributed by atoms with van der Waals surface area (Å²) in [5.74, 6) is -2.71. The Hall–Kier alpha value is -5.66. The summed E-state index contributed by atoms with van der Waals surface area (Å²) in [6.45, 7) is 10.9. The van der Waals surface area contributed by atoms with Crippen molar-refractivity contribution in [1.82, 2.24) is 20.3 Å². The molecular formula is C48H58F2N4O11S. The van der Waals surface area contributed by atoms with Crippen LogP contribution in [0.1, 0.15) is 69.4 Å². The van der Waals surface area contributed by atoms with E-state index in [2.05, 4.69) is 16.0 Å². The van der Waals surface area contributed by atoms with Crippen LogP contribution in [0.4, 0.5) is 18.4 Å². The Morgan fingerprint density at radius 3 is 2.29 bits per heavy atom. The summed E-state index contributed by atoms with van der Waals surface area (Å²) in [7, 11) is -2.64. The normalized spacial score (nSPS) is 19.2. The summed E-state index contributed by atoms with van der Waals surface area (Å²) in [5.41, 5.74) is 0.668. The van der Waals surface area contributed by atoms with E-state index >= 15 is 0 Å². The van der Waals surface area contributed by atoms with E-state index in [0.29, 0.717) is 35.7 Å². The molecule has 15 nitrogen and oxygen atoms in total. The maximum atomic E-state index is 14.8. The van der Waals surface area contributed by atoms with Crippen LogP contribution in [-0.2, 0) is 37.3 Å². The number of nitrogens with one attached hydrogen (secondary N) is 3. The molecule has 0 unspecified atom stereocenters. The first kappa shape index (κ1) is 49.8. The van der Waals surface area contributed by atoms with Gasteiger partial charge >= 0.3 is 12.1 Å². The van der Waals surface area contributed by atoms with Gasteiger partial charge in [0.25, 0.3) is 5.91 Å². The highest BCUT2D eigenvalue weighted by Crippen LogP contribution is 2.42. The van der Waals surface area contributed by atoms with E-state index < -0.39 is 69.3 Å². The number of methoxy groups -OCH3 is 1. The molecule has 4 N–H and O–H groups in total. The van der Waals surface area contributed by atoms with Crippen molar-refractivity contribution < 1.29 is 60.4 Å². The number of alkyl carbamates (subject to hydrolysis) is 1. The lowest BCUT2D eigenvalue weighted by molar-refractivity contribution is -0.181. The first-order valence-electron chi connectivity index (χ1n) is 21.6. The highest BCUT2D eigenvalue weighted by Gasteiger charge is 2.53. The fourth-order valence-corrected chi connectivity index (χ4v) is 9.53. The molecule has 2 fully saturated rings. The van der Waals surface area contributed by atoms with Crippen LogP contribution in [0.5, 0.6) is 11.5 Å². The van der Waals surface area contributed by atoms with Crippen molar-refractivity contribution in [1.29, 1.82) is 0 Å². The third-order valence-corrected chi connectivity index (χ3v) is 13.1. The Morgan fingerprint density at radius 1 is 0.939 bits per heavy atom. The maximum Gasteiger partial charge on any atom is 0.407 e. The van der Waals surface area contributed by atoms with E-state index in [4.69, 9.17) is 23.7 Å². The Bertz CT molecular complexity index is 2470. The monoisotopic (exact) mass is 936 g/mol. The Labute approximate surface area is 384 Å². The lowest BCUT2D eigenvalue weighted by Gasteiger charge is -2.31. The number of hydrogen-bond donors (Lipinski definition) is 4. The van der Waals surface area contributed by atoms with Gasteiger partial charge < -0.3 is 39.4 Å². The van der Waals surface area contributed by atoms with Crippen LogP contribution in [0.15, 0.2) is 89.8 Å². The number of hydrogen-bond acceptors (Lipinski definition) is 11. The van der Waals surface area contributed by atoms with Crippen LogP contribution in [0.2, 0.25) is 0 Å². The molecule has 66 heavy (non-hydrogen) atoms. The molecule has 2 heterocycles. The number of halogens is 2. The van der Waals surface area contributed by atoms with Crippen molar-refractivity contribution in [3.63, 3.8) is 0 Å². The molecule has 4 amide bonds. The molecule has 0 aliphatic carbocycles. The Kier molecular flexibility index (Phi) is 15.7. The zero-order chi connectivity index (χ0) is 48.0. The van der Waals surface area contributed by atoms with Gasteiger partial charge in [-0.3, -0.25) is 10.1 Å². The zero-order valence-corrected chi connectivity index (χ0v) is 38.9. The summed E-state index contributed by atoms with van der Waals surface area (Å²) in [6, 6.07) is 18.4. The van der Waals surface area contributed by atoms with Crippen molar-refractivity contribution in [2.75, 3.05) is 33.4 Å². The average molecular weight is 937 g/mol. The van der Waals surface area contributed by atoms with Crippen molar-refractivity contribution in [3.05, 3.63) is 113 Å². The third-order valence-electron chi connectivity index (χ3n) is 11.2. The van der Waals surface area contributed by atoms with Gasteiger partial charge in [-0.15, -0.1) is 0 Å². The van der Waals surface area contributed by atoms with E-state index in [1.165, 1.54) is 47.8 Å². The van der Waals surface area contributed by atoms with E-state index in [-0.39, 0.29) is 66.1 Å². The molecule has 2 saturated heterocycles.